The predicted molar refractivity (Wildman–Crippen MR) is 112 cm³/mol. The summed E-state index contributed by atoms with van der Waals surface area (Å²) in [6.45, 7) is 5.03. The lowest BCUT2D eigenvalue weighted by molar-refractivity contribution is -0.157. The molecule has 0 aliphatic carbocycles. The zero-order valence-electron chi connectivity index (χ0n) is 17.2. The van der Waals surface area contributed by atoms with Crippen molar-refractivity contribution in [3.05, 3.63) is 65.7 Å². The fourth-order valence-corrected chi connectivity index (χ4v) is 2.68. The van der Waals surface area contributed by atoms with Gasteiger partial charge < -0.3 is 15.4 Å². The lowest BCUT2D eigenvalue weighted by atomic mass is 10.0. The first-order valence-corrected chi connectivity index (χ1v) is 9.65. The Labute approximate surface area is 176 Å². The van der Waals surface area contributed by atoms with Gasteiger partial charge in [0.2, 0.25) is 5.91 Å². The van der Waals surface area contributed by atoms with E-state index in [4.69, 9.17) is 10.00 Å². The van der Waals surface area contributed by atoms with Crippen LogP contribution in [0.1, 0.15) is 31.9 Å². The molecule has 0 fully saturated rings. The van der Waals surface area contributed by atoms with Gasteiger partial charge in [0.05, 0.1) is 18.1 Å². The summed E-state index contributed by atoms with van der Waals surface area (Å²) < 4.78 is 5.29. The van der Waals surface area contributed by atoms with Crippen LogP contribution in [0.25, 0.3) is 0 Å². The third-order valence-electron chi connectivity index (χ3n) is 4.39. The van der Waals surface area contributed by atoms with Crippen molar-refractivity contribution < 1.29 is 19.1 Å². The Balaban J connectivity index is 1.93. The Morgan fingerprint density at radius 2 is 1.63 bits per heavy atom. The molecule has 0 aromatic heterocycles. The molecule has 0 saturated carbocycles. The van der Waals surface area contributed by atoms with Crippen LogP contribution in [-0.4, -0.2) is 29.9 Å². The Kier molecular flexibility index (Phi) is 8.12. The Morgan fingerprint density at radius 1 is 1.00 bits per heavy atom. The van der Waals surface area contributed by atoms with Gasteiger partial charge in [-0.3, -0.25) is 9.59 Å². The van der Waals surface area contributed by atoms with E-state index in [9.17, 15) is 14.4 Å². The monoisotopic (exact) mass is 407 g/mol. The van der Waals surface area contributed by atoms with E-state index in [1.54, 1.807) is 38.1 Å². The highest BCUT2D eigenvalue weighted by Crippen LogP contribution is 2.11. The molecule has 7 heteroatoms. The minimum absolute atomic E-state index is 0.145. The highest BCUT2D eigenvalue weighted by atomic mass is 16.5. The van der Waals surface area contributed by atoms with Gasteiger partial charge in [-0.2, -0.15) is 5.26 Å². The van der Waals surface area contributed by atoms with Crippen molar-refractivity contribution in [1.82, 2.24) is 5.32 Å². The van der Waals surface area contributed by atoms with Crippen LogP contribution in [0, 0.1) is 17.2 Å². The molecule has 0 unspecified atom stereocenters. The van der Waals surface area contributed by atoms with E-state index in [1.165, 1.54) is 6.92 Å². The Morgan fingerprint density at radius 3 is 2.20 bits per heavy atom. The molecule has 0 radical (unpaired) electrons. The van der Waals surface area contributed by atoms with Gasteiger partial charge in [-0.15, -0.1) is 0 Å². The van der Waals surface area contributed by atoms with Crippen LogP contribution < -0.4 is 10.6 Å². The lowest BCUT2D eigenvalue weighted by Crippen LogP contribution is -2.47. The van der Waals surface area contributed by atoms with E-state index in [0.29, 0.717) is 11.3 Å². The van der Waals surface area contributed by atoms with Crippen LogP contribution in [0.2, 0.25) is 0 Å². The maximum absolute atomic E-state index is 12.6. The van der Waals surface area contributed by atoms with Crippen LogP contribution in [0.4, 0.5) is 5.69 Å². The average Bonchev–Trinajstić information content (AvgIpc) is 2.72. The molecule has 0 saturated heterocycles. The second-order valence-corrected chi connectivity index (χ2v) is 7.21. The Bertz CT molecular complexity index is 918. The number of anilines is 1. The number of carbonyl (C=O) groups excluding carboxylic acids is 3. The molecule has 0 aliphatic rings. The number of carbonyl (C=O) groups is 3. The molecule has 2 aromatic carbocycles. The number of ether oxygens (including phenoxy) is 1. The first kappa shape index (κ1) is 22.6. The average molecular weight is 407 g/mol. The van der Waals surface area contributed by atoms with E-state index in [-0.39, 0.29) is 18.2 Å². The molecule has 156 valence electrons. The molecule has 0 aliphatic heterocycles. The van der Waals surface area contributed by atoms with Crippen LogP contribution >= 0.6 is 0 Å². The molecule has 0 spiro atoms. The van der Waals surface area contributed by atoms with Crippen molar-refractivity contribution in [3.8, 4) is 6.07 Å². The molecule has 2 amide bonds. The second-order valence-electron chi connectivity index (χ2n) is 7.21. The lowest BCUT2D eigenvalue weighted by Gasteiger charge is -2.23. The smallest absolute Gasteiger partial charge is 0.329 e. The molecule has 2 N–H and O–H groups in total. The van der Waals surface area contributed by atoms with Gasteiger partial charge in [0.15, 0.2) is 6.10 Å². The topological polar surface area (TPSA) is 108 Å². The SMILES string of the molecule is CC(C)[C@H](NC(=O)Cc1ccccc1)C(=O)O[C@@H](C)C(=O)Nc1ccc(C#N)cc1. The number of esters is 1. The minimum atomic E-state index is -1.06. The van der Waals surface area contributed by atoms with Crippen LogP contribution in [-0.2, 0) is 25.5 Å². The fraction of sp³-hybridized carbons (Fsp3) is 0.304. The standard InChI is InChI=1S/C23H25N3O4/c1-15(2)21(26-20(27)13-17-7-5-4-6-8-17)23(29)30-16(3)22(28)25-19-11-9-18(14-24)10-12-19/h4-12,15-16,21H,13H2,1-3H3,(H,25,28)(H,26,27)/t16-,21-/m0/s1. The van der Waals surface area contributed by atoms with Gasteiger partial charge in [0.25, 0.3) is 5.91 Å². The summed E-state index contributed by atoms with van der Waals surface area (Å²) in [6.07, 6.45) is -0.910. The zero-order valence-corrected chi connectivity index (χ0v) is 17.2. The number of benzene rings is 2. The zero-order chi connectivity index (χ0) is 22.1. The van der Waals surface area contributed by atoms with Gasteiger partial charge in [0.1, 0.15) is 6.04 Å². The first-order chi connectivity index (χ1) is 14.3. The van der Waals surface area contributed by atoms with Crippen molar-refractivity contribution in [3.63, 3.8) is 0 Å². The van der Waals surface area contributed by atoms with Gasteiger partial charge in [0, 0.05) is 5.69 Å². The maximum Gasteiger partial charge on any atom is 0.329 e. The number of nitrogens with one attached hydrogen (secondary N) is 2. The van der Waals surface area contributed by atoms with E-state index >= 15 is 0 Å². The summed E-state index contributed by atoms with van der Waals surface area (Å²) in [5.74, 6) is -1.70. The van der Waals surface area contributed by atoms with Crippen molar-refractivity contribution in [1.29, 1.82) is 5.26 Å². The first-order valence-electron chi connectivity index (χ1n) is 9.65. The number of hydrogen-bond donors (Lipinski definition) is 2. The van der Waals surface area contributed by atoms with Gasteiger partial charge in [-0.05, 0) is 42.7 Å². The number of nitrogens with zero attached hydrogens (tertiary/aromatic N) is 1. The number of amides is 2. The number of nitriles is 1. The molecule has 0 bridgehead atoms. The highest BCUT2D eigenvalue weighted by molar-refractivity contribution is 5.95. The summed E-state index contributed by atoms with van der Waals surface area (Å²) in [7, 11) is 0. The second kappa shape index (κ2) is 10.8. The van der Waals surface area contributed by atoms with E-state index in [2.05, 4.69) is 10.6 Å². The normalized spacial score (nSPS) is 12.4. The fourth-order valence-electron chi connectivity index (χ4n) is 2.68. The van der Waals surface area contributed by atoms with Gasteiger partial charge in [-0.25, -0.2) is 4.79 Å². The van der Waals surface area contributed by atoms with Crippen LogP contribution in [0.3, 0.4) is 0 Å². The Hall–Kier alpha value is -3.66. The number of rotatable bonds is 8. The predicted octanol–water partition coefficient (Wildman–Crippen LogP) is 2.81. The quantitative estimate of drug-likeness (QED) is 0.654. The van der Waals surface area contributed by atoms with Crippen LogP contribution in [0.15, 0.2) is 54.6 Å². The summed E-state index contributed by atoms with van der Waals surface area (Å²) in [6, 6.07) is 16.6. The van der Waals surface area contributed by atoms with E-state index in [0.717, 1.165) is 5.56 Å². The van der Waals surface area contributed by atoms with Crippen molar-refractivity contribution in [2.24, 2.45) is 5.92 Å². The maximum atomic E-state index is 12.6. The van der Waals surface area contributed by atoms with Gasteiger partial charge in [-0.1, -0.05) is 44.2 Å². The minimum Gasteiger partial charge on any atom is -0.451 e. The number of hydrogen-bond acceptors (Lipinski definition) is 5. The molecule has 0 heterocycles. The van der Waals surface area contributed by atoms with Crippen molar-refractivity contribution in [2.75, 3.05) is 5.32 Å². The summed E-state index contributed by atoms with van der Waals surface area (Å²) in [5.41, 5.74) is 1.79. The van der Waals surface area contributed by atoms with Crippen molar-refractivity contribution in [2.45, 2.75) is 39.3 Å². The molecular formula is C23H25N3O4. The molecule has 7 nitrogen and oxygen atoms in total. The van der Waals surface area contributed by atoms with Gasteiger partial charge >= 0.3 is 5.97 Å². The van der Waals surface area contributed by atoms with E-state index in [1.807, 2.05) is 36.4 Å². The molecular weight excluding hydrogens is 382 g/mol. The molecule has 2 aromatic rings. The largest absolute Gasteiger partial charge is 0.451 e. The third-order valence-corrected chi connectivity index (χ3v) is 4.39. The van der Waals surface area contributed by atoms with Crippen molar-refractivity contribution >= 4 is 23.5 Å². The molecule has 2 rings (SSSR count). The molecule has 30 heavy (non-hydrogen) atoms. The summed E-state index contributed by atoms with van der Waals surface area (Å²) in [4.78, 5) is 37.2. The van der Waals surface area contributed by atoms with E-state index < -0.39 is 24.0 Å². The summed E-state index contributed by atoms with van der Waals surface area (Å²) >= 11 is 0. The van der Waals surface area contributed by atoms with Crippen LogP contribution in [0.5, 0.6) is 0 Å². The molecule has 2 atom stereocenters. The third kappa shape index (κ3) is 6.74. The summed E-state index contributed by atoms with van der Waals surface area (Å²) in [5, 5.41) is 14.1. The highest BCUT2D eigenvalue weighted by Gasteiger charge is 2.29.